The summed E-state index contributed by atoms with van der Waals surface area (Å²) in [5, 5.41) is 2.17. The third-order valence-corrected chi connectivity index (χ3v) is 6.58. The molecule has 7 heteroatoms. The quantitative estimate of drug-likeness (QED) is 0.417. The molecule has 1 aliphatic heterocycles. The van der Waals surface area contributed by atoms with Crippen LogP contribution in [0.1, 0.15) is 11.1 Å². The van der Waals surface area contributed by atoms with E-state index in [4.69, 9.17) is 37.1 Å². The molecule has 1 aliphatic rings. The summed E-state index contributed by atoms with van der Waals surface area (Å²) in [6.45, 7) is 2.04. The molecule has 2 heterocycles. The van der Waals surface area contributed by atoms with Gasteiger partial charge in [-0.25, -0.2) is 4.79 Å². The average Bonchev–Trinajstić information content (AvgIpc) is 2.83. The van der Waals surface area contributed by atoms with E-state index in [1.807, 2.05) is 48.5 Å². The van der Waals surface area contributed by atoms with Gasteiger partial charge in [0, 0.05) is 27.9 Å². The molecular weight excluding hydrogens is 461 g/mol. The maximum Gasteiger partial charge on any atom is 0.336 e. The predicted octanol–water partition coefficient (Wildman–Crippen LogP) is 4.75. The van der Waals surface area contributed by atoms with Gasteiger partial charge in [0.2, 0.25) is 6.73 Å². The summed E-state index contributed by atoms with van der Waals surface area (Å²) >= 11 is 12.3. The van der Waals surface area contributed by atoms with E-state index in [1.165, 1.54) is 11.0 Å². The predicted molar refractivity (Wildman–Crippen MR) is 130 cm³/mol. The molecule has 1 atom stereocenters. The minimum absolute atomic E-state index is 0.387. The number of halogens is 2. The molecule has 33 heavy (non-hydrogen) atoms. The maximum atomic E-state index is 12.5. The SMILES string of the molecule is COc1ccc(-c2cc(=O)oc3c4c(ccc23)OC[NH+](CCc2ccc(Cl)cc2Cl)C4)cc1. The first-order valence-electron chi connectivity index (χ1n) is 10.7. The monoisotopic (exact) mass is 482 g/mol. The van der Waals surface area contributed by atoms with Crippen molar-refractivity contribution in [3.05, 3.63) is 92.3 Å². The van der Waals surface area contributed by atoms with Gasteiger partial charge in [-0.2, -0.15) is 0 Å². The molecule has 1 N–H and O–H groups in total. The first-order valence-corrected chi connectivity index (χ1v) is 11.4. The zero-order valence-corrected chi connectivity index (χ0v) is 19.5. The van der Waals surface area contributed by atoms with E-state index in [-0.39, 0.29) is 5.63 Å². The van der Waals surface area contributed by atoms with E-state index >= 15 is 0 Å². The normalized spacial score (nSPS) is 15.2. The Kier molecular flexibility index (Phi) is 6.02. The summed E-state index contributed by atoms with van der Waals surface area (Å²) < 4.78 is 17.0. The molecule has 0 fully saturated rings. The fourth-order valence-corrected chi connectivity index (χ4v) is 4.76. The molecule has 4 aromatic rings. The van der Waals surface area contributed by atoms with E-state index in [0.29, 0.717) is 28.9 Å². The van der Waals surface area contributed by atoms with Crippen molar-refractivity contribution in [2.45, 2.75) is 13.0 Å². The Morgan fingerprint density at radius 1 is 1.03 bits per heavy atom. The van der Waals surface area contributed by atoms with Crippen molar-refractivity contribution in [2.75, 3.05) is 20.4 Å². The molecule has 3 aromatic carbocycles. The van der Waals surface area contributed by atoms with E-state index in [1.54, 1.807) is 13.2 Å². The highest BCUT2D eigenvalue weighted by atomic mass is 35.5. The summed E-state index contributed by atoms with van der Waals surface area (Å²) in [5.41, 5.74) is 3.89. The van der Waals surface area contributed by atoms with Crippen LogP contribution in [0.2, 0.25) is 10.0 Å². The van der Waals surface area contributed by atoms with Crippen molar-refractivity contribution in [1.29, 1.82) is 0 Å². The molecule has 0 spiro atoms. The van der Waals surface area contributed by atoms with Gasteiger partial charge in [0.25, 0.3) is 0 Å². The molecule has 1 aromatic heterocycles. The summed E-state index contributed by atoms with van der Waals surface area (Å²) in [6, 6.07) is 18.7. The average molecular weight is 483 g/mol. The van der Waals surface area contributed by atoms with Gasteiger partial charge in [-0.1, -0.05) is 41.4 Å². The van der Waals surface area contributed by atoms with Gasteiger partial charge >= 0.3 is 5.63 Å². The highest BCUT2D eigenvalue weighted by Crippen LogP contribution is 2.34. The lowest BCUT2D eigenvalue weighted by atomic mass is 9.99. The first kappa shape index (κ1) is 21.8. The first-order chi connectivity index (χ1) is 16.0. The Labute approximate surface area is 201 Å². The van der Waals surface area contributed by atoms with Crippen LogP contribution in [0.4, 0.5) is 0 Å². The molecule has 0 bridgehead atoms. The molecule has 0 radical (unpaired) electrons. The molecule has 5 nitrogen and oxygen atoms in total. The number of rotatable bonds is 5. The molecule has 5 rings (SSSR count). The molecule has 168 valence electrons. The largest absolute Gasteiger partial charge is 0.497 e. The number of hydrogen-bond donors (Lipinski definition) is 1. The number of benzene rings is 3. The Hall–Kier alpha value is -2.99. The fourth-order valence-electron chi connectivity index (χ4n) is 4.25. The third kappa shape index (κ3) is 4.44. The molecule has 0 saturated carbocycles. The fraction of sp³-hybridized carbons (Fsp3) is 0.192. The van der Waals surface area contributed by atoms with Crippen LogP contribution in [0.5, 0.6) is 11.5 Å². The summed E-state index contributed by atoms with van der Waals surface area (Å²) in [4.78, 5) is 13.7. The third-order valence-electron chi connectivity index (χ3n) is 6.00. The lowest BCUT2D eigenvalue weighted by Gasteiger charge is -2.26. The topological polar surface area (TPSA) is 53.1 Å². The van der Waals surface area contributed by atoms with Crippen LogP contribution < -0.4 is 20.0 Å². The van der Waals surface area contributed by atoms with Crippen LogP contribution in [0.25, 0.3) is 22.1 Å². The van der Waals surface area contributed by atoms with Gasteiger partial charge < -0.3 is 13.9 Å². The summed E-state index contributed by atoms with van der Waals surface area (Å²) in [6.07, 6.45) is 0.788. The number of nitrogens with one attached hydrogen (secondary N) is 1. The van der Waals surface area contributed by atoms with Crippen molar-refractivity contribution in [3.63, 3.8) is 0 Å². The van der Waals surface area contributed by atoms with Crippen molar-refractivity contribution in [3.8, 4) is 22.6 Å². The van der Waals surface area contributed by atoms with E-state index in [0.717, 1.165) is 52.1 Å². The van der Waals surface area contributed by atoms with Gasteiger partial charge in [0.05, 0.1) is 19.2 Å². The Morgan fingerprint density at radius 2 is 1.85 bits per heavy atom. The lowest BCUT2D eigenvalue weighted by Crippen LogP contribution is -3.12. The van der Waals surface area contributed by atoms with Crippen LogP contribution in [0, 0.1) is 0 Å². The van der Waals surface area contributed by atoms with Crippen LogP contribution in [0.15, 0.2) is 69.9 Å². The molecule has 1 unspecified atom stereocenters. The van der Waals surface area contributed by atoms with Crippen molar-refractivity contribution >= 4 is 34.2 Å². The van der Waals surface area contributed by atoms with Gasteiger partial charge in [0.1, 0.15) is 18.0 Å². The molecule has 0 aliphatic carbocycles. The van der Waals surface area contributed by atoms with Gasteiger partial charge in [-0.15, -0.1) is 0 Å². The highest BCUT2D eigenvalue weighted by molar-refractivity contribution is 6.35. The number of hydrogen-bond acceptors (Lipinski definition) is 4. The second-order valence-corrected chi connectivity index (χ2v) is 8.92. The zero-order chi connectivity index (χ0) is 22.9. The minimum atomic E-state index is -0.387. The van der Waals surface area contributed by atoms with Crippen LogP contribution in [-0.4, -0.2) is 20.4 Å². The number of quaternary nitrogens is 1. The van der Waals surface area contributed by atoms with Crippen molar-refractivity contribution < 1.29 is 18.8 Å². The highest BCUT2D eigenvalue weighted by Gasteiger charge is 2.25. The van der Waals surface area contributed by atoms with E-state index < -0.39 is 0 Å². The van der Waals surface area contributed by atoms with Crippen molar-refractivity contribution in [2.24, 2.45) is 0 Å². The Morgan fingerprint density at radius 3 is 2.61 bits per heavy atom. The standard InChI is InChI=1S/C26H21Cl2NO4/c1-31-19-6-3-16(4-7-19)21-13-25(30)33-26-20(21)8-9-24-22(26)14-29(15-32-24)11-10-17-2-5-18(27)12-23(17)28/h2-9,12-13H,10-11,14-15H2,1H3/p+1. The Bertz CT molecular complexity index is 1380. The van der Waals surface area contributed by atoms with Gasteiger partial charge in [-0.05, 0) is 53.1 Å². The summed E-state index contributed by atoms with van der Waals surface area (Å²) in [7, 11) is 1.63. The van der Waals surface area contributed by atoms with Gasteiger partial charge in [-0.3, -0.25) is 4.90 Å². The second kappa shape index (κ2) is 9.10. The lowest BCUT2D eigenvalue weighted by molar-refractivity contribution is -0.932. The van der Waals surface area contributed by atoms with E-state index in [9.17, 15) is 4.79 Å². The number of methoxy groups -OCH3 is 1. The molecule has 0 amide bonds. The summed E-state index contributed by atoms with van der Waals surface area (Å²) in [5.74, 6) is 1.52. The zero-order valence-electron chi connectivity index (χ0n) is 18.0. The number of ether oxygens (including phenoxy) is 2. The number of fused-ring (bicyclic) bond motifs is 3. The Balaban J connectivity index is 1.47. The molecular formula is C26H22Cl2NO4+. The second-order valence-electron chi connectivity index (χ2n) is 8.08. The minimum Gasteiger partial charge on any atom is -0.497 e. The van der Waals surface area contributed by atoms with Crippen LogP contribution in [-0.2, 0) is 13.0 Å². The smallest absolute Gasteiger partial charge is 0.336 e. The van der Waals surface area contributed by atoms with Crippen LogP contribution in [0.3, 0.4) is 0 Å². The van der Waals surface area contributed by atoms with Gasteiger partial charge in [0.15, 0.2) is 5.58 Å². The van der Waals surface area contributed by atoms with Crippen LogP contribution >= 0.6 is 23.2 Å². The molecule has 0 saturated heterocycles. The maximum absolute atomic E-state index is 12.5. The van der Waals surface area contributed by atoms with E-state index in [2.05, 4.69) is 0 Å². The van der Waals surface area contributed by atoms with Crippen molar-refractivity contribution in [1.82, 2.24) is 0 Å².